The highest BCUT2D eigenvalue weighted by Gasteiger charge is 2.55. The van der Waals surface area contributed by atoms with Gasteiger partial charge in [-0.1, -0.05) is 58.1 Å². The number of hydrogen-bond donors (Lipinski definition) is 1. The Bertz CT molecular complexity index is 1490. The highest BCUT2D eigenvalue weighted by atomic mass is 16.6. The lowest BCUT2D eigenvalue weighted by molar-refractivity contribution is -0.154. The van der Waals surface area contributed by atoms with Crippen LogP contribution in [0.3, 0.4) is 0 Å². The number of aliphatic hydroxyl groups excluding tert-OH is 1. The van der Waals surface area contributed by atoms with E-state index in [1.807, 2.05) is 13.0 Å². The quantitative estimate of drug-likeness (QED) is 0.0846. The van der Waals surface area contributed by atoms with Gasteiger partial charge in [0.2, 0.25) is 0 Å². The Kier molecular flexibility index (Phi) is 15.2. The lowest BCUT2D eigenvalue weighted by atomic mass is 9.63. The lowest BCUT2D eigenvalue weighted by Gasteiger charge is -2.44. The van der Waals surface area contributed by atoms with Crippen molar-refractivity contribution in [2.45, 2.75) is 176 Å². The monoisotopic (exact) mass is 767 g/mol. The van der Waals surface area contributed by atoms with Gasteiger partial charge in [-0.3, -0.25) is 14.4 Å². The van der Waals surface area contributed by atoms with Gasteiger partial charge in [0.05, 0.1) is 12.4 Å². The van der Waals surface area contributed by atoms with E-state index in [9.17, 15) is 24.3 Å². The van der Waals surface area contributed by atoms with Crippen molar-refractivity contribution >= 4 is 24.2 Å². The summed E-state index contributed by atoms with van der Waals surface area (Å²) in [6.45, 7) is 21.1. The molecule has 0 aromatic rings. The summed E-state index contributed by atoms with van der Waals surface area (Å²) in [4.78, 5) is 44.4. The van der Waals surface area contributed by atoms with E-state index in [4.69, 9.17) is 18.9 Å². The average Bonchev–Trinajstić information content (AvgIpc) is 3.70. The number of hydrogen-bond acceptors (Lipinski definition) is 9. The van der Waals surface area contributed by atoms with E-state index in [1.54, 1.807) is 0 Å². The van der Waals surface area contributed by atoms with Crippen LogP contribution < -0.4 is 0 Å². The second-order valence-corrected chi connectivity index (χ2v) is 17.7. The van der Waals surface area contributed by atoms with Gasteiger partial charge in [0.25, 0.3) is 0 Å². The number of aldehydes is 1. The molecule has 5 fully saturated rings. The van der Waals surface area contributed by atoms with Gasteiger partial charge < -0.3 is 28.8 Å². The molecule has 0 bridgehead atoms. The van der Waals surface area contributed by atoms with Crippen LogP contribution in [-0.2, 0) is 38.1 Å². The van der Waals surface area contributed by atoms with E-state index in [0.717, 1.165) is 88.9 Å². The predicted molar refractivity (Wildman–Crippen MR) is 213 cm³/mol. The number of carbonyl (C=O) groups is 4. The smallest absolute Gasteiger partial charge is 0.302 e. The summed E-state index contributed by atoms with van der Waals surface area (Å²) in [6, 6.07) is 0. The first-order valence-corrected chi connectivity index (χ1v) is 20.9. The van der Waals surface area contributed by atoms with Gasteiger partial charge in [0, 0.05) is 44.9 Å². The summed E-state index contributed by atoms with van der Waals surface area (Å²) in [7, 11) is 0. The minimum Gasteiger partial charge on any atom is -0.494 e. The Morgan fingerprint density at radius 1 is 0.782 bits per heavy atom. The first-order chi connectivity index (χ1) is 26.0. The molecule has 0 amide bonds. The van der Waals surface area contributed by atoms with Crippen molar-refractivity contribution < 1.29 is 43.2 Å². The summed E-state index contributed by atoms with van der Waals surface area (Å²) in [5, 5.41) is 10.1. The molecule has 0 aromatic heterocycles. The van der Waals surface area contributed by atoms with Crippen LogP contribution in [0.25, 0.3) is 0 Å². The van der Waals surface area contributed by atoms with Crippen molar-refractivity contribution in [2.24, 2.45) is 39.9 Å². The van der Waals surface area contributed by atoms with Crippen LogP contribution >= 0.6 is 0 Å². The molecule has 9 heteroatoms. The molecule has 12 atom stereocenters. The van der Waals surface area contributed by atoms with Crippen molar-refractivity contribution in [2.75, 3.05) is 0 Å². The Balaban J connectivity index is 0.000000184. The molecule has 1 N–H and O–H groups in total. The molecule has 0 heterocycles. The number of fused-ring (bicyclic) bond motifs is 3. The number of aliphatic hydroxyl groups is 1. The molecule has 6 aliphatic rings. The third-order valence-corrected chi connectivity index (χ3v) is 14.4. The standard InChI is InChI=1S/2C16H24O3.C14H22O3/c1-11(8-10-17)13-6-7-14-15(19-12(2)18)5-4-9-16(13,14)3;1-5-12-15(18-6-2)10-13-14(19-11(3)17)8-7-9-16(12,13)4;1-4-10-12(16)8-11-13(17-9(2)15)6-5-7-14(10,11)3/h6,10-11,14-15H,4-5,7-9H2,1-3H3;5-6,13-15H,2,7-10H2,1,3-4H3;4,11-13,16H,5-8H2,1-3H3/b;12-5+;10-4+/t11-,14?,15-,16+;13?,14-,15?,16+;11?,12?,13-,14+/m000/s1. The summed E-state index contributed by atoms with van der Waals surface area (Å²) < 4.78 is 22.2. The van der Waals surface area contributed by atoms with E-state index in [1.165, 1.54) is 38.2 Å². The number of carbonyl (C=O) groups excluding carboxylic acids is 4. The van der Waals surface area contributed by atoms with Crippen LogP contribution in [0.1, 0.15) is 146 Å². The normalized spacial score (nSPS) is 39.3. The highest BCUT2D eigenvalue weighted by molar-refractivity contribution is 5.67. The Morgan fingerprint density at radius 2 is 1.24 bits per heavy atom. The van der Waals surface area contributed by atoms with Crippen LogP contribution in [0.15, 0.2) is 47.8 Å². The molecular weight excluding hydrogens is 696 g/mol. The zero-order valence-electron chi connectivity index (χ0n) is 35.2. The fourth-order valence-corrected chi connectivity index (χ4v) is 12.1. The van der Waals surface area contributed by atoms with E-state index >= 15 is 0 Å². The molecule has 6 aliphatic carbocycles. The molecule has 0 radical (unpaired) electrons. The fourth-order valence-electron chi connectivity index (χ4n) is 12.1. The van der Waals surface area contributed by atoms with Crippen LogP contribution in [0.2, 0.25) is 0 Å². The summed E-state index contributed by atoms with van der Waals surface area (Å²) >= 11 is 0. The van der Waals surface area contributed by atoms with Crippen molar-refractivity contribution in [1.29, 1.82) is 0 Å². The van der Waals surface area contributed by atoms with Crippen molar-refractivity contribution in [1.82, 2.24) is 0 Å². The van der Waals surface area contributed by atoms with Gasteiger partial charge in [0.15, 0.2) is 0 Å². The van der Waals surface area contributed by atoms with E-state index < -0.39 is 0 Å². The largest absolute Gasteiger partial charge is 0.494 e. The second kappa shape index (κ2) is 18.8. The van der Waals surface area contributed by atoms with Crippen LogP contribution in [0.5, 0.6) is 0 Å². The molecule has 5 unspecified atom stereocenters. The third-order valence-electron chi connectivity index (χ3n) is 14.4. The number of esters is 3. The van der Waals surface area contributed by atoms with Crippen molar-refractivity contribution in [3.8, 4) is 0 Å². The molecule has 6 rings (SSSR count). The van der Waals surface area contributed by atoms with Crippen LogP contribution in [0, 0.1) is 39.9 Å². The number of rotatable bonds is 8. The van der Waals surface area contributed by atoms with Crippen molar-refractivity contribution in [3.05, 3.63) is 47.8 Å². The Hall–Kier alpha value is -3.20. The van der Waals surface area contributed by atoms with Crippen molar-refractivity contribution in [3.63, 3.8) is 0 Å². The molecule has 308 valence electrons. The number of allylic oxidation sites excluding steroid dienone is 4. The lowest BCUT2D eigenvalue weighted by Crippen LogP contribution is -2.41. The Morgan fingerprint density at radius 3 is 1.69 bits per heavy atom. The summed E-state index contributed by atoms with van der Waals surface area (Å²) in [6.07, 6.45) is 21.6. The molecule has 5 saturated carbocycles. The first kappa shape index (κ1) is 44.5. The van der Waals surface area contributed by atoms with Gasteiger partial charge in [-0.05, 0) is 124 Å². The van der Waals surface area contributed by atoms with E-state index in [2.05, 4.69) is 53.3 Å². The van der Waals surface area contributed by atoms with E-state index in [0.29, 0.717) is 24.2 Å². The van der Waals surface area contributed by atoms with Gasteiger partial charge in [-0.2, -0.15) is 0 Å². The predicted octanol–water partition coefficient (Wildman–Crippen LogP) is 9.32. The molecular formula is C46H70O9. The molecule has 0 aliphatic heterocycles. The SMILES string of the molecule is C/C=C1\C(O)CC2[C@@H](OC(C)=O)CCC[C@]12C.C=COC1CC2[C@@H](OC(C)=O)CCC[C@]2(C)/C1=C/C.CC(=O)O[C@H]1CCC[C@]2(C)C([C@@H](C)CC=O)=CCC12. The second-order valence-electron chi connectivity index (χ2n) is 17.7. The molecule has 9 nitrogen and oxygen atoms in total. The Labute approximate surface area is 330 Å². The van der Waals surface area contributed by atoms with Gasteiger partial charge >= 0.3 is 17.9 Å². The first-order valence-electron chi connectivity index (χ1n) is 20.9. The van der Waals surface area contributed by atoms with E-state index in [-0.39, 0.29) is 70.6 Å². The van der Waals surface area contributed by atoms with Gasteiger partial charge in [-0.25, -0.2) is 0 Å². The zero-order valence-corrected chi connectivity index (χ0v) is 35.2. The van der Waals surface area contributed by atoms with Gasteiger partial charge in [-0.15, -0.1) is 0 Å². The molecule has 0 aromatic carbocycles. The average molecular weight is 767 g/mol. The molecule has 55 heavy (non-hydrogen) atoms. The van der Waals surface area contributed by atoms with Crippen LogP contribution in [0.4, 0.5) is 0 Å². The minimum absolute atomic E-state index is 0.0154. The third kappa shape index (κ3) is 9.51. The number of ether oxygens (including phenoxy) is 4. The summed E-state index contributed by atoms with van der Waals surface area (Å²) in [5.74, 6) is 0.788. The highest BCUT2D eigenvalue weighted by Crippen LogP contribution is 2.58. The minimum atomic E-state index is -0.355. The maximum absolute atomic E-state index is 11.3. The zero-order chi connectivity index (χ0) is 40.7. The topological polar surface area (TPSA) is 125 Å². The van der Waals surface area contributed by atoms with Gasteiger partial charge in [0.1, 0.15) is 30.7 Å². The fraction of sp³-hybridized carbons (Fsp3) is 0.739. The molecule has 0 saturated heterocycles. The van der Waals surface area contributed by atoms with Crippen LogP contribution in [-0.4, -0.2) is 59.8 Å². The molecule has 0 spiro atoms. The maximum atomic E-state index is 11.3. The summed E-state index contributed by atoms with van der Waals surface area (Å²) in [5.41, 5.74) is 4.11. The maximum Gasteiger partial charge on any atom is 0.302 e.